The summed E-state index contributed by atoms with van der Waals surface area (Å²) in [4.78, 5) is 9.99. The molecule has 0 aliphatic rings. The highest BCUT2D eigenvalue weighted by atomic mass is 15.0. The number of benzene rings is 11. The molecule has 15 aromatic rings. The van der Waals surface area contributed by atoms with Gasteiger partial charge in [0.1, 0.15) is 6.07 Å². The van der Waals surface area contributed by atoms with Crippen LogP contribution in [0.1, 0.15) is 11.1 Å². The first-order valence-corrected chi connectivity index (χ1v) is 26.3. The highest BCUT2D eigenvalue weighted by molar-refractivity contribution is 6.14. The fourth-order valence-corrected chi connectivity index (χ4v) is 11.9. The van der Waals surface area contributed by atoms with Crippen molar-refractivity contribution in [3.63, 3.8) is 0 Å². The van der Waals surface area contributed by atoms with Crippen LogP contribution in [0.25, 0.3) is 139 Å². The van der Waals surface area contributed by atoms with Gasteiger partial charge in [-0.25, -0.2) is 9.97 Å². The molecule has 0 aliphatic carbocycles. The molecule has 0 amide bonds. The smallest absolute Gasteiger partial charge is 0.160 e. The lowest BCUT2D eigenvalue weighted by Crippen LogP contribution is -2.01. The maximum atomic E-state index is 11.1. The Morgan fingerprint density at radius 1 is 0.278 bits per heavy atom. The quantitative estimate of drug-likeness (QED) is 0.152. The summed E-state index contributed by atoms with van der Waals surface area (Å²) in [5.74, 6) is 0.672. The van der Waals surface area contributed by atoms with Crippen LogP contribution in [0.5, 0.6) is 0 Å². The van der Waals surface area contributed by atoms with Crippen LogP contribution in [0.15, 0.2) is 261 Å². The summed E-state index contributed by atoms with van der Waals surface area (Å²) in [6.07, 6.45) is 0. The molecule has 0 aliphatic heterocycles. The molecule has 15 rings (SSSR count). The van der Waals surface area contributed by atoms with E-state index in [9.17, 15) is 10.5 Å². The summed E-state index contributed by atoms with van der Waals surface area (Å²) < 4.78 is 6.85. The van der Waals surface area contributed by atoms with E-state index in [1.807, 2.05) is 78.9 Å². The Labute approximate surface area is 454 Å². The third-order valence-corrected chi connectivity index (χ3v) is 15.6. The van der Waals surface area contributed by atoms with Crippen LogP contribution in [-0.2, 0) is 0 Å². The highest BCUT2D eigenvalue weighted by Crippen LogP contribution is 2.42. The summed E-state index contributed by atoms with van der Waals surface area (Å²) in [6.45, 7) is 0. The van der Waals surface area contributed by atoms with Crippen molar-refractivity contribution in [2.75, 3.05) is 0 Å². The molecule has 0 radical (unpaired) electrons. The molecule has 0 bridgehead atoms. The van der Waals surface area contributed by atoms with E-state index in [1.165, 1.54) is 21.5 Å². The third kappa shape index (κ3) is 7.41. The molecular formula is C72H43N7. The van der Waals surface area contributed by atoms with Gasteiger partial charge in [-0.2, -0.15) is 10.5 Å². The van der Waals surface area contributed by atoms with E-state index in [0.29, 0.717) is 28.2 Å². The largest absolute Gasteiger partial charge is 0.309 e. The van der Waals surface area contributed by atoms with Crippen LogP contribution in [0.3, 0.4) is 0 Å². The molecular weight excluding hydrogens is 963 g/mol. The van der Waals surface area contributed by atoms with Gasteiger partial charge in [-0.3, -0.25) is 0 Å². The van der Waals surface area contributed by atoms with Crippen LogP contribution in [0.2, 0.25) is 0 Å². The molecule has 0 unspecified atom stereocenters. The Kier molecular flexibility index (Phi) is 10.5. The molecule has 366 valence electrons. The van der Waals surface area contributed by atoms with Crippen LogP contribution in [0, 0.1) is 22.7 Å². The zero-order chi connectivity index (χ0) is 52.6. The average molecular weight is 1010 g/mol. The highest BCUT2D eigenvalue weighted by Gasteiger charge is 2.22. The van der Waals surface area contributed by atoms with Crippen molar-refractivity contribution in [3.8, 4) is 85.4 Å². The number of fused-ring (bicyclic) bond motifs is 9. The van der Waals surface area contributed by atoms with Gasteiger partial charge in [0.2, 0.25) is 0 Å². The minimum Gasteiger partial charge on any atom is -0.309 e. The van der Waals surface area contributed by atoms with E-state index in [2.05, 4.69) is 208 Å². The van der Waals surface area contributed by atoms with Gasteiger partial charge in [0.25, 0.3) is 0 Å². The monoisotopic (exact) mass is 1010 g/mol. The van der Waals surface area contributed by atoms with E-state index in [1.54, 1.807) is 0 Å². The predicted octanol–water partition coefficient (Wildman–Crippen LogP) is 17.8. The summed E-state index contributed by atoms with van der Waals surface area (Å²) in [5, 5.41) is 28.9. The van der Waals surface area contributed by atoms with Crippen molar-refractivity contribution in [3.05, 3.63) is 272 Å². The Hall–Kier alpha value is -11.1. The number of hydrogen-bond donors (Lipinski definition) is 0. The first-order chi connectivity index (χ1) is 39.1. The van der Waals surface area contributed by atoms with E-state index in [4.69, 9.17) is 9.97 Å². The normalized spacial score (nSPS) is 11.5. The van der Waals surface area contributed by atoms with Crippen molar-refractivity contribution in [2.45, 2.75) is 0 Å². The summed E-state index contributed by atoms with van der Waals surface area (Å²) in [5.41, 5.74) is 18.2. The minimum atomic E-state index is 0.459. The van der Waals surface area contributed by atoms with Gasteiger partial charge in [0.15, 0.2) is 5.82 Å². The van der Waals surface area contributed by atoms with Gasteiger partial charge >= 0.3 is 0 Å². The summed E-state index contributed by atoms with van der Waals surface area (Å²) in [6, 6.07) is 95.3. The molecule has 0 N–H and O–H groups in total. The second-order valence-electron chi connectivity index (χ2n) is 20.0. The lowest BCUT2D eigenvalue weighted by Gasteiger charge is -2.15. The van der Waals surface area contributed by atoms with Crippen molar-refractivity contribution in [2.24, 2.45) is 0 Å². The Balaban J connectivity index is 0.835. The molecule has 7 heteroatoms. The van der Waals surface area contributed by atoms with Crippen molar-refractivity contribution >= 4 is 65.4 Å². The second kappa shape index (κ2) is 18.3. The molecule has 11 aromatic carbocycles. The van der Waals surface area contributed by atoms with Gasteiger partial charge in [0.05, 0.1) is 67.4 Å². The number of rotatable bonds is 8. The van der Waals surface area contributed by atoms with Gasteiger partial charge in [-0.15, -0.1) is 0 Å². The van der Waals surface area contributed by atoms with E-state index < -0.39 is 0 Å². The van der Waals surface area contributed by atoms with Crippen molar-refractivity contribution in [1.29, 1.82) is 10.5 Å². The van der Waals surface area contributed by atoms with Gasteiger partial charge in [-0.05, 0) is 95.6 Å². The fraction of sp³-hybridized carbons (Fsp3) is 0. The fourth-order valence-electron chi connectivity index (χ4n) is 11.9. The number of nitrogens with zero attached hydrogens (tertiary/aromatic N) is 7. The molecule has 4 heterocycles. The standard InChI is InChI=1S/C72H43N7/c73-44-52-40-71(53(45-74)39-60(52)48-31-27-46(28-32-48)47-29-33-50(34-30-47)64-43-63(49-15-3-1-4-16-49)75-72(76-64)51-17-5-2-6-18-51)79-69-37-35-54(77-65-23-11-7-19-56(65)57-20-8-12-24-66(57)77)41-61(69)62-42-55(36-38-70(62)79)78-67-25-13-9-21-58(67)59-22-10-14-26-68(59)78/h1-43H. The number of para-hydroxylation sites is 4. The SMILES string of the molecule is N#Cc1cc(-n2c3ccc(-n4c5ccccc5c5ccccc54)cc3c3cc(-n4c5ccccc5c5ccccc54)ccc32)c(C#N)cc1-c1ccc(-c2ccc(-c3cc(-c4ccccc4)nc(-c4ccccc4)n3)cc2)cc1. The maximum Gasteiger partial charge on any atom is 0.160 e. The van der Waals surface area contributed by atoms with Crippen LogP contribution in [-0.4, -0.2) is 23.7 Å². The lowest BCUT2D eigenvalue weighted by atomic mass is 9.94. The van der Waals surface area contributed by atoms with Gasteiger partial charge < -0.3 is 13.7 Å². The van der Waals surface area contributed by atoms with Crippen molar-refractivity contribution < 1.29 is 0 Å². The topological polar surface area (TPSA) is 88.1 Å². The summed E-state index contributed by atoms with van der Waals surface area (Å²) >= 11 is 0. The average Bonchev–Trinajstić information content (AvgIpc) is 4.28. The molecule has 0 spiro atoms. The van der Waals surface area contributed by atoms with Crippen molar-refractivity contribution in [1.82, 2.24) is 23.7 Å². The van der Waals surface area contributed by atoms with E-state index in [-0.39, 0.29) is 0 Å². The number of aromatic nitrogens is 5. The van der Waals surface area contributed by atoms with Gasteiger partial charge in [0, 0.05) is 65.9 Å². The summed E-state index contributed by atoms with van der Waals surface area (Å²) in [7, 11) is 0. The molecule has 0 atom stereocenters. The first-order valence-electron chi connectivity index (χ1n) is 26.3. The maximum absolute atomic E-state index is 11.1. The molecule has 0 fully saturated rings. The van der Waals surface area contributed by atoms with E-state index in [0.717, 1.165) is 100 Å². The predicted molar refractivity (Wildman–Crippen MR) is 322 cm³/mol. The molecule has 0 saturated carbocycles. The lowest BCUT2D eigenvalue weighted by molar-refractivity contribution is 1.15. The van der Waals surface area contributed by atoms with Crippen LogP contribution in [0.4, 0.5) is 0 Å². The van der Waals surface area contributed by atoms with Gasteiger partial charge in [-0.1, -0.05) is 182 Å². The minimum absolute atomic E-state index is 0.459. The Morgan fingerprint density at radius 2 is 0.658 bits per heavy atom. The van der Waals surface area contributed by atoms with E-state index >= 15 is 0 Å². The molecule has 0 saturated heterocycles. The molecule has 7 nitrogen and oxygen atoms in total. The molecule has 79 heavy (non-hydrogen) atoms. The van der Waals surface area contributed by atoms with Crippen LogP contribution >= 0.6 is 0 Å². The molecule has 4 aromatic heterocycles. The second-order valence-corrected chi connectivity index (χ2v) is 20.0. The zero-order valence-electron chi connectivity index (χ0n) is 42.5. The number of nitriles is 2. The first kappa shape index (κ1) is 45.3. The Morgan fingerprint density at radius 3 is 1.11 bits per heavy atom. The zero-order valence-corrected chi connectivity index (χ0v) is 42.5. The third-order valence-electron chi connectivity index (χ3n) is 15.6. The Bertz CT molecular complexity index is 4680. The van der Waals surface area contributed by atoms with Crippen LogP contribution < -0.4 is 0 Å². The number of hydrogen-bond acceptors (Lipinski definition) is 4.